The van der Waals surface area contributed by atoms with Crippen LogP contribution in [0.15, 0.2) is 30.6 Å². The van der Waals surface area contributed by atoms with Crippen LogP contribution in [0.25, 0.3) is 11.1 Å². The van der Waals surface area contributed by atoms with Crippen LogP contribution >= 0.6 is 0 Å². The number of aldehydes is 1. The van der Waals surface area contributed by atoms with E-state index in [9.17, 15) is 31.5 Å². The lowest BCUT2D eigenvalue weighted by Gasteiger charge is -2.18. The fraction of sp³-hybridized carbons (Fsp3) is 0.375. The van der Waals surface area contributed by atoms with Gasteiger partial charge in [-0.3, -0.25) is 8.99 Å². The largest absolute Gasteiger partial charge is 0.506 e. The van der Waals surface area contributed by atoms with Crippen molar-refractivity contribution in [1.82, 2.24) is 14.5 Å². The third-order valence-electron chi connectivity index (χ3n) is 4.18. The Morgan fingerprint density at radius 3 is 2.71 bits per heavy atom. The maximum Gasteiger partial charge on any atom is 0.389 e. The fourth-order valence-corrected chi connectivity index (χ4v) is 4.25. The summed E-state index contributed by atoms with van der Waals surface area (Å²) in [5.41, 5.74) is 1.04. The molecule has 1 fully saturated rings. The molecule has 2 aromatic rings. The van der Waals surface area contributed by atoms with E-state index in [1.54, 1.807) is 0 Å². The molecule has 12 heteroatoms. The van der Waals surface area contributed by atoms with Crippen molar-refractivity contribution >= 4 is 22.2 Å². The molecule has 1 atom stereocenters. The molecule has 1 unspecified atom stereocenters. The van der Waals surface area contributed by atoms with Crippen LogP contribution in [0.1, 0.15) is 12.8 Å². The number of aryl methyl sites for hydroxylation is 1. The highest BCUT2D eigenvalue weighted by molar-refractivity contribution is 7.91. The minimum Gasteiger partial charge on any atom is -0.506 e. The molecule has 8 nitrogen and oxygen atoms in total. The molecular formula is C16H17F3N4O4S. The van der Waals surface area contributed by atoms with Crippen LogP contribution in [0.3, 0.4) is 0 Å². The predicted molar refractivity (Wildman–Crippen MR) is 93.9 cm³/mol. The van der Waals surface area contributed by atoms with Crippen molar-refractivity contribution in [3.05, 3.63) is 30.6 Å². The summed E-state index contributed by atoms with van der Waals surface area (Å²) in [6.07, 6.45) is -1.81. The summed E-state index contributed by atoms with van der Waals surface area (Å²) in [6.45, 7) is -0.0879. The van der Waals surface area contributed by atoms with Crippen LogP contribution in [-0.2, 0) is 21.5 Å². The molecule has 0 bridgehead atoms. The van der Waals surface area contributed by atoms with E-state index in [0.29, 0.717) is 17.4 Å². The molecule has 1 aliphatic rings. The summed E-state index contributed by atoms with van der Waals surface area (Å²) >= 11 is 0. The van der Waals surface area contributed by atoms with Gasteiger partial charge >= 0.3 is 16.4 Å². The highest BCUT2D eigenvalue weighted by atomic mass is 32.2. The van der Waals surface area contributed by atoms with Crippen LogP contribution < -0.4 is 9.03 Å². The average molecular weight is 418 g/mol. The van der Waals surface area contributed by atoms with Gasteiger partial charge in [0.2, 0.25) is 0 Å². The van der Waals surface area contributed by atoms with Crippen LogP contribution in [0.4, 0.5) is 18.9 Å². The number of phenols is 1. The molecule has 28 heavy (non-hydrogen) atoms. The Kier molecular flexibility index (Phi) is 5.35. The molecule has 2 N–H and O–H groups in total. The number of nitrogens with zero attached hydrogens (tertiary/aromatic N) is 3. The molecule has 2 heterocycles. The van der Waals surface area contributed by atoms with Gasteiger partial charge in [-0.15, -0.1) is 0 Å². The van der Waals surface area contributed by atoms with Gasteiger partial charge in [0, 0.05) is 24.7 Å². The van der Waals surface area contributed by atoms with E-state index in [1.807, 2.05) is 0 Å². The molecule has 1 aromatic carbocycles. The second-order valence-corrected chi connectivity index (χ2v) is 7.94. The number of alkyl halides is 3. The first-order valence-corrected chi connectivity index (χ1v) is 9.71. The van der Waals surface area contributed by atoms with Gasteiger partial charge in [-0.25, -0.2) is 0 Å². The Morgan fingerprint density at radius 1 is 1.32 bits per heavy atom. The van der Waals surface area contributed by atoms with Gasteiger partial charge in [0.15, 0.2) is 0 Å². The van der Waals surface area contributed by atoms with E-state index in [1.165, 1.54) is 35.3 Å². The van der Waals surface area contributed by atoms with Gasteiger partial charge in [-0.1, -0.05) is 6.07 Å². The first kappa shape index (κ1) is 20.1. The number of hydrogen-bond donors (Lipinski definition) is 2. The van der Waals surface area contributed by atoms with Crippen molar-refractivity contribution < 1.29 is 31.5 Å². The Balaban J connectivity index is 1.82. The number of nitrogens with one attached hydrogen (secondary N) is 1. The van der Waals surface area contributed by atoms with E-state index >= 15 is 0 Å². The van der Waals surface area contributed by atoms with Gasteiger partial charge in [0.05, 0.1) is 24.5 Å². The summed E-state index contributed by atoms with van der Waals surface area (Å²) in [5, 5.41) is 14.1. The van der Waals surface area contributed by atoms with Gasteiger partial charge < -0.3 is 9.90 Å². The average Bonchev–Trinajstić information content (AvgIpc) is 3.18. The number of benzene rings is 1. The van der Waals surface area contributed by atoms with Gasteiger partial charge in [-0.2, -0.15) is 31.4 Å². The zero-order valence-corrected chi connectivity index (χ0v) is 15.2. The van der Waals surface area contributed by atoms with E-state index in [4.69, 9.17) is 0 Å². The van der Waals surface area contributed by atoms with Crippen molar-refractivity contribution in [2.75, 3.05) is 10.8 Å². The first-order chi connectivity index (χ1) is 13.1. The standard InChI is InChI=1S/C16H17F3N4O4S/c17-16(18,19)4-1-5-22-8-12(7-20-22)11-2-3-15(25)14(6-11)23-9-13(10-24)21-28(23,26)27/h2-3,6-8,10,13,21,25H,1,4-5,9H2. The van der Waals surface area contributed by atoms with E-state index in [2.05, 4.69) is 9.82 Å². The number of carbonyl (C=O) groups is 1. The summed E-state index contributed by atoms with van der Waals surface area (Å²) in [6, 6.07) is 3.32. The lowest BCUT2D eigenvalue weighted by molar-refractivity contribution is -0.136. The second-order valence-electron chi connectivity index (χ2n) is 6.31. The summed E-state index contributed by atoms with van der Waals surface area (Å²) in [4.78, 5) is 10.9. The summed E-state index contributed by atoms with van der Waals surface area (Å²) < 4.78 is 65.5. The smallest absolute Gasteiger partial charge is 0.389 e. The number of anilines is 1. The van der Waals surface area contributed by atoms with Crippen molar-refractivity contribution in [1.29, 1.82) is 0 Å². The Hall–Kier alpha value is -2.60. The molecule has 152 valence electrons. The normalized spacial score (nSPS) is 19.1. The SMILES string of the molecule is O=CC1CN(c2cc(-c3cnn(CCCC(F)(F)F)c3)ccc2O)S(=O)(=O)N1. The quantitative estimate of drug-likeness (QED) is 0.697. The maximum absolute atomic E-state index is 12.2. The number of phenolic OH excluding ortho intramolecular Hbond substituents is 1. The van der Waals surface area contributed by atoms with E-state index < -0.39 is 28.8 Å². The molecule has 0 aliphatic carbocycles. The molecule has 1 saturated heterocycles. The zero-order chi connectivity index (χ0) is 20.5. The third-order valence-corrected chi connectivity index (χ3v) is 5.70. The molecule has 0 saturated carbocycles. The highest BCUT2D eigenvalue weighted by Gasteiger charge is 2.36. The molecular weight excluding hydrogens is 401 g/mol. The first-order valence-electron chi connectivity index (χ1n) is 8.27. The van der Waals surface area contributed by atoms with Crippen molar-refractivity contribution in [2.45, 2.75) is 31.6 Å². The van der Waals surface area contributed by atoms with Crippen LogP contribution in [0.2, 0.25) is 0 Å². The number of aromatic hydroxyl groups is 1. The summed E-state index contributed by atoms with van der Waals surface area (Å²) in [7, 11) is -3.98. The monoisotopic (exact) mass is 418 g/mol. The maximum atomic E-state index is 12.2. The minimum atomic E-state index is -4.23. The van der Waals surface area contributed by atoms with Gasteiger partial charge in [-0.05, 0) is 24.1 Å². The molecule has 0 amide bonds. The van der Waals surface area contributed by atoms with Crippen LogP contribution in [0, 0.1) is 0 Å². The molecule has 0 spiro atoms. The number of rotatable bonds is 6. The molecule has 1 aliphatic heterocycles. The van der Waals surface area contributed by atoms with Gasteiger partial charge in [0.1, 0.15) is 12.0 Å². The summed E-state index contributed by atoms with van der Waals surface area (Å²) in [5.74, 6) is -0.293. The number of aromatic nitrogens is 2. The molecule has 1 aromatic heterocycles. The topological polar surface area (TPSA) is 105 Å². The zero-order valence-electron chi connectivity index (χ0n) is 14.4. The van der Waals surface area contributed by atoms with Crippen LogP contribution in [-0.4, -0.2) is 48.4 Å². The van der Waals surface area contributed by atoms with Crippen molar-refractivity contribution in [3.8, 4) is 16.9 Å². The Labute approximate surface area is 158 Å². The van der Waals surface area contributed by atoms with E-state index in [-0.39, 0.29) is 30.9 Å². The van der Waals surface area contributed by atoms with Crippen LogP contribution in [0.5, 0.6) is 5.75 Å². The Morgan fingerprint density at radius 2 is 2.07 bits per heavy atom. The molecule has 0 radical (unpaired) electrons. The number of carbonyl (C=O) groups excluding carboxylic acids is 1. The molecule has 3 rings (SSSR count). The van der Waals surface area contributed by atoms with Crippen molar-refractivity contribution in [3.63, 3.8) is 0 Å². The third kappa shape index (κ3) is 4.44. The lowest BCUT2D eigenvalue weighted by atomic mass is 10.1. The second kappa shape index (κ2) is 7.43. The fourth-order valence-electron chi connectivity index (χ4n) is 2.85. The van der Waals surface area contributed by atoms with Gasteiger partial charge in [0.25, 0.3) is 0 Å². The lowest BCUT2D eigenvalue weighted by Crippen LogP contribution is -2.30. The minimum absolute atomic E-state index is 0.0147. The predicted octanol–water partition coefficient (Wildman–Crippen LogP) is 1.82. The van der Waals surface area contributed by atoms with E-state index in [0.717, 1.165) is 4.31 Å². The number of halogens is 3. The van der Waals surface area contributed by atoms with Crippen molar-refractivity contribution in [2.24, 2.45) is 0 Å². The highest BCUT2D eigenvalue weighted by Crippen LogP contribution is 2.35. The number of hydrogen-bond acceptors (Lipinski definition) is 5. The Bertz CT molecular complexity index is 975.